The SMILES string of the molecule is CC1=C(C(=O)Nc2cc(C)on2)[C@@H](c2c(Cl)cccc2Cl)NC(=S)N1C. The lowest BCUT2D eigenvalue weighted by Gasteiger charge is -2.36. The Labute approximate surface area is 166 Å². The predicted molar refractivity (Wildman–Crippen MR) is 105 cm³/mol. The van der Waals surface area contributed by atoms with E-state index in [1.807, 2.05) is 6.92 Å². The fraction of sp³-hybridized carbons (Fsp3) is 0.235. The van der Waals surface area contributed by atoms with Crippen LogP contribution in [0.5, 0.6) is 0 Å². The fourth-order valence-corrected chi connectivity index (χ4v) is 3.61. The van der Waals surface area contributed by atoms with E-state index < -0.39 is 6.04 Å². The molecule has 2 heterocycles. The molecule has 1 aromatic carbocycles. The highest BCUT2D eigenvalue weighted by Gasteiger charge is 2.35. The van der Waals surface area contributed by atoms with Crippen molar-refractivity contribution in [3.8, 4) is 0 Å². The highest BCUT2D eigenvalue weighted by Crippen LogP contribution is 2.38. The molecule has 0 aliphatic carbocycles. The van der Waals surface area contributed by atoms with Gasteiger partial charge in [-0.2, -0.15) is 0 Å². The molecule has 0 unspecified atom stereocenters. The van der Waals surface area contributed by atoms with Crippen LogP contribution in [0.15, 0.2) is 40.1 Å². The summed E-state index contributed by atoms with van der Waals surface area (Å²) in [7, 11) is 1.78. The molecule has 136 valence electrons. The van der Waals surface area contributed by atoms with Gasteiger partial charge < -0.3 is 20.1 Å². The van der Waals surface area contributed by atoms with E-state index in [4.69, 9.17) is 39.9 Å². The molecule has 0 bridgehead atoms. The Morgan fingerprint density at radius 1 is 1.35 bits per heavy atom. The summed E-state index contributed by atoms with van der Waals surface area (Å²) in [5.74, 6) is 0.572. The molecule has 1 aliphatic heterocycles. The lowest BCUT2D eigenvalue weighted by atomic mass is 9.94. The third-order valence-corrected chi connectivity index (χ3v) is 5.21. The average Bonchev–Trinajstić information content (AvgIpc) is 2.97. The Bertz CT molecular complexity index is 905. The molecule has 1 atom stereocenters. The maximum Gasteiger partial charge on any atom is 0.257 e. The number of anilines is 1. The highest BCUT2D eigenvalue weighted by molar-refractivity contribution is 7.80. The molecule has 26 heavy (non-hydrogen) atoms. The van der Waals surface area contributed by atoms with Gasteiger partial charge in [0.25, 0.3) is 5.91 Å². The molecular weight excluding hydrogens is 395 g/mol. The Kier molecular flexibility index (Phi) is 5.22. The quantitative estimate of drug-likeness (QED) is 0.743. The molecule has 1 aromatic heterocycles. The summed E-state index contributed by atoms with van der Waals surface area (Å²) in [4.78, 5) is 14.7. The molecule has 2 aromatic rings. The zero-order valence-electron chi connectivity index (χ0n) is 14.3. The van der Waals surface area contributed by atoms with Gasteiger partial charge >= 0.3 is 0 Å². The number of carbonyl (C=O) groups excluding carboxylic acids is 1. The summed E-state index contributed by atoms with van der Waals surface area (Å²) in [5.41, 5.74) is 1.72. The second-order valence-corrected chi connectivity index (χ2v) is 7.05. The lowest BCUT2D eigenvalue weighted by Crippen LogP contribution is -2.46. The molecule has 0 saturated heterocycles. The van der Waals surface area contributed by atoms with Crippen molar-refractivity contribution >= 4 is 52.3 Å². The van der Waals surface area contributed by atoms with E-state index in [0.717, 1.165) is 0 Å². The zero-order valence-corrected chi connectivity index (χ0v) is 16.6. The van der Waals surface area contributed by atoms with Crippen molar-refractivity contribution in [2.24, 2.45) is 0 Å². The summed E-state index contributed by atoms with van der Waals surface area (Å²) in [5, 5.41) is 11.0. The van der Waals surface area contributed by atoms with Gasteiger partial charge in [-0.15, -0.1) is 0 Å². The maximum atomic E-state index is 13.0. The molecule has 0 fully saturated rings. The van der Waals surface area contributed by atoms with Crippen LogP contribution in [0.1, 0.15) is 24.3 Å². The van der Waals surface area contributed by atoms with Gasteiger partial charge in [-0.3, -0.25) is 4.79 Å². The number of hydrogen-bond acceptors (Lipinski definition) is 4. The number of rotatable bonds is 3. The minimum Gasteiger partial charge on any atom is -0.360 e. The third-order valence-electron chi connectivity index (χ3n) is 4.16. The van der Waals surface area contributed by atoms with E-state index in [9.17, 15) is 4.79 Å². The Hall–Kier alpha value is -2.09. The summed E-state index contributed by atoms with van der Waals surface area (Å²) < 4.78 is 5.00. The molecule has 1 amide bonds. The van der Waals surface area contributed by atoms with E-state index in [1.165, 1.54) is 0 Å². The number of nitrogens with zero attached hydrogens (tertiary/aromatic N) is 2. The second kappa shape index (κ2) is 7.26. The topological polar surface area (TPSA) is 70.4 Å². The molecule has 1 aliphatic rings. The number of aromatic nitrogens is 1. The van der Waals surface area contributed by atoms with E-state index >= 15 is 0 Å². The first-order valence-corrected chi connectivity index (χ1v) is 8.89. The zero-order chi connectivity index (χ0) is 19.0. The number of halogens is 2. The molecular formula is C17H16Cl2N4O2S. The monoisotopic (exact) mass is 410 g/mol. The molecule has 9 heteroatoms. The van der Waals surface area contributed by atoms with Crippen molar-refractivity contribution in [2.75, 3.05) is 12.4 Å². The lowest BCUT2D eigenvalue weighted by molar-refractivity contribution is -0.113. The van der Waals surface area contributed by atoms with Crippen molar-refractivity contribution in [1.82, 2.24) is 15.4 Å². The van der Waals surface area contributed by atoms with Gasteiger partial charge in [0, 0.05) is 34.4 Å². The largest absolute Gasteiger partial charge is 0.360 e. The van der Waals surface area contributed by atoms with Gasteiger partial charge in [-0.1, -0.05) is 34.4 Å². The predicted octanol–water partition coefficient (Wildman–Crippen LogP) is 4.06. The van der Waals surface area contributed by atoms with Crippen LogP contribution in [0.25, 0.3) is 0 Å². The summed E-state index contributed by atoms with van der Waals surface area (Å²) in [6.07, 6.45) is 0. The van der Waals surface area contributed by atoms with Crippen LogP contribution >= 0.6 is 35.4 Å². The Morgan fingerprint density at radius 3 is 2.58 bits per heavy atom. The smallest absolute Gasteiger partial charge is 0.257 e. The van der Waals surface area contributed by atoms with Crippen LogP contribution in [-0.2, 0) is 4.79 Å². The van der Waals surface area contributed by atoms with Crippen molar-refractivity contribution in [3.63, 3.8) is 0 Å². The van der Waals surface area contributed by atoms with Gasteiger partial charge in [0.1, 0.15) is 5.76 Å². The standard InChI is InChI=1S/C17H16Cl2N4O2S/c1-8-7-12(22-25-8)20-16(24)13-9(2)23(3)17(26)21-15(13)14-10(18)5-4-6-11(14)19/h4-7,15H,1-3H3,(H,21,26)(H,20,22,24)/t15-/m0/s1. The molecule has 3 rings (SSSR count). The van der Waals surface area contributed by atoms with Gasteiger partial charge in [0.05, 0.1) is 11.6 Å². The normalized spacial score (nSPS) is 17.3. The Balaban J connectivity index is 2.07. The second-order valence-electron chi connectivity index (χ2n) is 5.85. The average molecular weight is 411 g/mol. The van der Waals surface area contributed by atoms with Gasteiger partial charge in [-0.25, -0.2) is 0 Å². The van der Waals surface area contributed by atoms with E-state index in [2.05, 4.69) is 15.8 Å². The van der Waals surface area contributed by atoms with E-state index in [-0.39, 0.29) is 5.91 Å². The highest BCUT2D eigenvalue weighted by atomic mass is 35.5. The van der Waals surface area contributed by atoms with Gasteiger partial charge in [0.15, 0.2) is 10.9 Å². The summed E-state index contributed by atoms with van der Waals surface area (Å²) in [6, 6.07) is 6.23. The number of amides is 1. The van der Waals surface area contributed by atoms with Crippen LogP contribution in [0.3, 0.4) is 0 Å². The van der Waals surface area contributed by atoms with E-state index in [0.29, 0.717) is 43.6 Å². The number of aryl methyl sites for hydroxylation is 1. The number of hydrogen-bond donors (Lipinski definition) is 2. The fourth-order valence-electron chi connectivity index (χ4n) is 2.74. The molecule has 6 nitrogen and oxygen atoms in total. The number of nitrogens with one attached hydrogen (secondary N) is 2. The molecule has 0 radical (unpaired) electrons. The van der Waals surface area contributed by atoms with Crippen molar-refractivity contribution in [1.29, 1.82) is 0 Å². The Morgan fingerprint density at radius 2 is 2.00 bits per heavy atom. The van der Waals surface area contributed by atoms with Crippen molar-refractivity contribution in [3.05, 3.63) is 56.9 Å². The first-order valence-electron chi connectivity index (χ1n) is 7.73. The minimum atomic E-state index is -0.590. The van der Waals surface area contributed by atoms with Gasteiger partial charge in [-0.05, 0) is 38.2 Å². The van der Waals surface area contributed by atoms with Crippen molar-refractivity contribution in [2.45, 2.75) is 19.9 Å². The molecule has 2 N–H and O–H groups in total. The third kappa shape index (κ3) is 3.42. The maximum absolute atomic E-state index is 13.0. The number of allylic oxidation sites excluding steroid dienone is 1. The van der Waals surface area contributed by atoms with E-state index in [1.54, 1.807) is 43.1 Å². The van der Waals surface area contributed by atoms with Crippen LogP contribution in [-0.4, -0.2) is 28.1 Å². The van der Waals surface area contributed by atoms with Crippen LogP contribution in [0, 0.1) is 6.92 Å². The first kappa shape index (κ1) is 18.7. The number of thiocarbonyl (C=S) groups is 1. The summed E-state index contributed by atoms with van der Waals surface area (Å²) >= 11 is 18.1. The summed E-state index contributed by atoms with van der Waals surface area (Å²) in [6.45, 7) is 3.56. The number of benzene rings is 1. The van der Waals surface area contributed by atoms with Crippen LogP contribution < -0.4 is 10.6 Å². The molecule has 0 saturated carbocycles. The first-order chi connectivity index (χ1) is 12.3. The number of carbonyl (C=O) groups is 1. The minimum absolute atomic E-state index is 0.326. The van der Waals surface area contributed by atoms with Crippen LogP contribution in [0.4, 0.5) is 5.82 Å². The molecule has 0 spiro atoms. The van der Waals surface area contributed by atoms with Crippen LogP contribution in [0.2, 0.25) is 10.0 Å². The van der Waals surface area contributed by atoms with Gasteiger partial charge in [0.2, 0.25) is 0 Å². The van der Waals surface area contributed by atoms with Crippen molar-refractivity contribution < 1.29 is 9.32 Å².